The first kappa shape index (κ1) is 17.2. The van der Waals surface area contributed by atoms with Gasteiger partial charge in [-0.25, -0.2) is 4.98 Å². The van der Waals surface area contributed by atoms with Crippen LogP contribution in [0.15, 0.2) is 18.3 Å². The molecule has 2 aromatic rings. The highest BCUT2D eigenvalue weighted by molar-refractivity contribution is 7.13. The first-order chi connectivity index (χ1) is 11.5. The van der Waals surface area contributed by atoms with Crippen LogP contribution < -0.4 is 0 Å². The van der Waals surface area contributed by atoms with Crippen molar-refractivity contribution in [1.29, 1.82) is 0 Å². The van der Waals surface area contributed by atoms with E-state index in [-0.39, 0.29) is 18.6 Å². The van der Waals surface area contributed by atoms with Crippen molar-refractivity contribution in [1.82, 2.24) is 14.5 Å². The molecule has 1 saturated heterocycles. The second-order valence-corrected chi connectivity index (χ2v) is 7.92. The molecule has 130 valence electrons. The number of piperidine rings is 1. The predicted octanol–water partition coefficient (Wildman–Crippen LogP) is 3.13. The number of hydrogen-bond acceptors (Lipinski definition) is 4. The van der Waals surface area contributed by atoms with E-state index in [1.54, 1.807) is 11.3 Å². The van der Waals surface area contributed by atoms with Crippen molar-refractivity contribution >= 4 is 17.2 Å². The molecule has 0 radical (unpaired) electrons. The van der Waals surface area contributed by atoms with Gasteiger partial charge in [0.2, 0.25) is 0 Å². The SMILES string of the molecule is Cc1ccc(C(=O)N2CCC(c3ncc(C)n3[C@H](C)CO)CC2)s1. The van der Waals surface area contributed by atoms with Crippen LogP contribution in [0.25, 0.3) is 0 Å². The number of likely N-dealkylation sites (tertiary alicyclic amines) is 1. The van der Waals surface area contributed by atoms with Crippen molar-refractivity contribution in [2.45, 2.75) is 45.6 Å². The Labute approximate surface area is 146 Å². The van der Waals surface area contributed by atoms with E-state index in [0.29, 0.717) is 5.92 Å². The molecule has 1 atom stereocenters. The summed E-state index contributed by atoms with van der Waals surface area (Å²) in [6.07, 6.45) is 3.73. The van der Waals surface area contributed by atoms with Crippen molar-refractivity contribution in [3.8, 4) is 0 Å². The van der Waals surface area contributed by atoms with Crippen LogP contribution in [0, 0.1) is 13.8 Å². The molecule has 3 rings (SSSR count). The van der Waals surface area contributed by atoms with Crippen LogP contribution in [0.4, 0.5) is 0 Å². The maximum absolute atomic E-state index is 12.6. The lowest BCUT2D eigenvalue weighted by Crippen LogP contribution is -2.38. The molecule has 5 nitrogen and oxygen atoms in total. The maximum Gasteiger partial charge on any atom is 0.263 e. The first-order valence-corrected chi connectivity index (χ1v) is 9.33. The van der Waals surface area contributed by atoms with Gasteiger partial charge in [0.15, 0.2) is 0 Å². The smallest absolute Gasteiger partial charge is 0.263 e. The Balaban J connectivity index is 1.68. The quantitative estimate of drug-likeness (QED) is 0.924. The van der Waals surface area contributed by atoms with Gasteiger partial charge >= 0.3 is 0 Å². The standard InChI is InChI=1S/C18H25N3O2S/c1-12-10-19-17(21(12)13(2)11-22)15-6-8-20(9-7-15)18(23)16-5-4-14(3)24-16/h4-5,10,13,15,22H,6-9,11H2,1-3H3/t13-/m1/s1. The third-order valence-corrected chi connectivity index (χ3v) is 5.80. The summed E-state index contributed by atoms with van der Waals surface area (Å²) < 4.78 is 2.14. The van der Waals surface area contributed by atoms with E-state index < -0.39 is 0 Å². The number of carbonyl (C=O) groups excluding carboxylic acids is 1. The zero-order valence-corrected chi connectivity index (χ0v) is 15.3. The number of amides is 1. The highest BCUT2D eigenvalue weighted by atomic mass is 32.1. The molecule has 0 aliphatic carbocycles. The lowest BCUT2D eigenvalue weighted by atomic mass is 9.95. The third-order valence-electron chi connectivity index (χ3n) is 4.81. The van der Waals surface area contributed by atoms with Gasteiger partial charge < -0.3 is 14.6 Å². The largest absolute Gasteiger partial charge is 0.394 e. The van der Waals surface area contributed by atoms with Gasteiger partial charge in [-0.3, -0.25) is 4.79 Å². The van der Waals surface area contributed by atoms with Crippen LogP contribution in [0.3, 0.4) is 0 Å². The van der Waals surface area contributed by atoms with Crippen LogP contribution in [0.1, 0.15) is 57.8 Å². The predicted molar refractivity (Wildman–Crippen MR) is 95.7 cm³/mol. The third kappa shape index (κ3) is 3.26. The topological polar surface area (TPSA) is 58.4 Å². The highest BCUT2D eigenvalue weighted by Crippen LogP contribution is 2.30. The summed E-state index contributed by atoms with van der Waals surface area (Å²) in [7, 11) is 0. The Morgan fingerprint density at radius 2 is 2.08 bits per heavy atom. The van der Waals surface area contributed by atoms with Crippen molar-refractivity contribution in [2.75, 3.05) is 19.7 Å². The van der Waals surface area contributed by atoms with Gasteiger partial charge in [-0.05, 0) is 45.7 Å². The fourth-order valence-corrected chi connectivity index (χ4v) is 4.30. The number of thiophene rings is 1. The van der Waals surface area contributed by atoms with Gasteiger partial charge in [-0.2, -0.15) is 0 Å². The average Bonchev–Trinajstić information content (AvgIpc) is 3.19. The number of aromatic nitrogens is 2. The number of aliphatic hydroxyl groups is 1. The monoisotopic (exact) mass is 347 g/mol. The van der Waals surface area contributed by atoms with Gasteiger partial charge in [0.1, 0.15) is 5.82 Å². The Hall–Kier alpha value is -1.66. The number of carbonyl (C=O) groups is 1. The zero-order valence-electron chi connectivity index (χ0n) is 14.5. The van der Waals surface area contributed by atoms with E-state index in [9.17, 15) is 9.90 Å². The lowest BCUT2D eigenvalue weighted by Gasteiger charge is -2.32. The van der Waals surface area contributed by atoms with Gasteiger partial charge in [-0.15, -0.1) is 11.3 Å². The van der Waals surface area contributed by atoms with Crippen LogP contribution in [0.5, 0.6) is 0 Å². The van der Waals surface area contributed by atoms with Crippen LogP contribution >= 0.6 is 11.3 Å². The molecule has 1 N–H and O–H groups in total. The normalized spacial score (nSPS) is 17.2. The second kappa shape index (κ2) is 7.07. The van der Waals surface area contributed by atoms with Crippen molar-refractivity contribution in [3.63, 3.8) is 0 Å². The summed E-state index contributed by atoms with van der Waals surface area (Å²) in [4.78, 5) is 21.1. The number of nitrogens with zero attached hydrogens (tertiary/aromatic N) is 3. The molecule has 3 heterocycles. The summed E-state index contributed by atoms with van der Waals surface area (Å²) in [5.74, 6) is 1.55. The van der Waals surface area contributed by atoms with E-state index in [4.69, 9.17) is 0 Å². The number of imidazole rings is 1. The molecule has 6 heteroatoms. The molecule has 0 spiro atoms. The summed E-state index contributed by atoms with van der Waals surface area (Å²) in [6, 6.07) is 3.96. The molecule has 1 amide bonds. The summed E-state index contributed by atoms with van der Waals surface area (Å²) >= 11 is 1.56. The molecule has 0 saturated carbocycles. The number of rotatable bonds is 4. The van der Waals surface area contributed by atoms with Gasteiger partial charge in [0, 0.05) is 35.8 Å². The Morgan fingerprint density at radius 1 is 1.38 bits per heavy atom. The van der Waals surface area contributed by atoms with Crippen LogP contribution in [-0.2, 0) is 0 Å². The molecule has 1 aliphatic heterocycles. The Morgan fingerprint density at radius 3 is 2.67 bits per heavy atom. The molecule has 0 unspecified atom stereocenters. The van der Waals surface area contributed by atoms with E-state index >= 15 is 0 Å². The summed E-state index contributed by atoms with van der Waals surface area (Å²) in [5, 5.41) is 9.50. The fraction of sp³-hybridized carbons (Fsp3) is 0.556. The zero-order chi connectivity index (χ0) is 17.3. The molecule has 0 aromatic carbocycles. The lowest BCUT2D eigenvalue weighted by molar-refractivity contribution is 0.0714. The van der Waals surface area contributed by atoms with Crippen molar-refractivity contribution < 1.29 is 9.90 Å². The summed E-state index contributed by atoms with van der Waals surface area (Å²) in [6.45, 7) is 7.70. The second-order valence-electron chi connectivity index (χ2n) is 6.64. The Bertz CT molecular complexity index is 714. The van der Waals surface area contributed by atoms with E-state index in [1.165, 1.54) is 4.88 Å². The van der Waals surface area contributed by atoms with Gasteiger partial charge in [-0.1, -0.05) is 0 Å². The van der Waals surface area contributed by atoms with E-state index in [1.807, 2.05) is 44.0 Å². The molecule has 1 fully saturated rings. The minimum Gasteiger partial charge on any atom is -0.394 e. The van der Waals surface area contributed by atoms with Crippen LogP contribution in [-0.4, -0.2) is 45.2 Å². The van der Waals surface area contributed by atoms with Crippen LogP contribution in [0.2, 0.25) is 0 Å². The van der Waals surface area contributed by atoms with Gasteiger partial charge in [0.05, 0.1) is 17.5 Å². The number of aliphatic hydroxyl groups excluding tert-OH is 1. The molecule has 24 heavy (non-hydrogen) atoms. The van der Waals surface area contributed by atoms with Gasteiger partial charge in [0.25, 0.3) is 5.91 Å². The average molecular weight is 347 g/mol. The minimum atomic E-state index is 0.0382. The first-order valence-electron chi connectivity index (χ1n) is 8.51. The fourth-order valence-electron chi connectivity index (χ4n) is 3.47. The number of aryl methyl sites for hydroxylation is 2. The molecule has 0 bridgehead atoms. The molecular formula is C18H25N3O2S. The molecule has 1 aliphatic rings. The molecule has 2 aromatic heterocycles. The number of hydrogen-bond donors (Lipinski definition) is 1. The molecular weight excluding hydrogens is 322 g/mol. The van der Waals surface area contributed by atoms with Crippen molar-refractivity contribution in [3.05, 3.63) is 39.6 Å². The minimum absolute atomic E-state index is 0.0382. The maximum atomic E-state index is 12.6. The van der Waals surface area contributed by atoms with E-state index in [0.717, 1.165) is 42.3 Å². The summed E-state index contributed by atoms with van der Waals surface area (Å²) in [5.41, 5.74) is 1.08. The van der Waals surface area contributed by atoms with Crippen molar-refractivity contribution in [2.24, 2.45) is 0 Å². The highest BCUT2D eigenvalue weighted by Gasteiger charge is 2.28. The Kier molecular flexibility index (Phi) is 5.06. The van der Waals surface area contributed by atoms with E-state index in [2.05, 4.69) is 9.55 Å².